The molecule has 3 atom stereocenters. The Morgan fingerprint density at radius 3 is 2.00 bits per heavy atom. The number of β-lactam (4-membered cyclic amide) rings is 1. The SMILES string of the molecule is CC(=O)O[C@@H](CC[C@H]1C(=O)N(c2ccc(F)cc2)[C@@H]1c1ccc(C(C)(C)C)cc1)c1ccc(F)cc1. The van der Waals surface area contributed by atoms with Crippen LogP contribution in [0.5, 0.6) is 0 Å². The van der Waals surface area contributed by atoms with E-state index in [9.17, 15) is 18.4 Å². The zero-order valence-electron chi connectivity index (χ0n) is 21.0. The van der Waals surface area contributed by atoms with E-state index in [0.717, 1.165) is 5.56 Å². The third-order valence-corrected chi connectivity index (χ3v) is 6.73. The molecule has 4 rings (SSSR count). The van der Waals surface area contributed by atoms with Crippen molar-refractivity contribution in [1.82, 2.24) is 0 Å². The highest BCUT2D eigenvalue weighted by Crippen LogP contribution is 2.46. The Labute approximate surface area is 210 Å². The molecule has 3 aromatic carbocycles. The summed E-state index contributed by atoms with van der Waals surface area (Å²) in [6.45, 7) is 7.77. The van der Waals surface area contributed by atoms with Crippen LogP contribution < -0.4 is 4.90 Å². The van der Waals surface area contributed by atoms with E-state index in [-0.39, 0.29) is 34.9 Å². The number of carbonyl (C=O) groups is 2. The molecule has 0 saturated carbocycles. The highest BCUT2D eigenvalue weighted by molar-refractivity contribution is 6.03. The summed E-state index contributed by atoms with van der Waals surface area (Å²) in [6.07, 6.45) is 0.298. The topological polar surface area (TPSA) is 46.6 Å². The number of nitrogens with zero attached hydrogens (tertiary/aromatic N) is 1. The van der Waals surface area contributed by atoms with Crippen LogP contribution in [0.15, 0.2) is 72.8 Å². The molecule has 36 heavy (non-hydrogen) atoms. The van der Waals surface area contributed by atoms with E-state index < -0.39 is 12.1 Å². The molecule has 0 spiro atoms. The fourth-order valence-corrected chi connectivity index (χ4v) is 4.78. The van der Waals surface area contributed by atoms with E-state index >= 15 is 0 Å². The lowest BCUT2D eigenvalue weighted by atomic mass is 9.77. The van der Waals surface area contributed by atoms with Crippen LogP contribution in [0.1, 0.15) is 69.4 Å². The van der Waals surface area contributed by atoms with Crippen molar-refractivity contribution in [2.45, 2.75) is 58.1 Å². The molecule has 0 radical (unpaired) electrons. The number of hydrogen-bond acceptors (Lipinski definition) is 3. The zero-order valence-corrected chi connectivity index (χ0v) is 21.0. The minimum atomic E-state index is -0.584. The largest absolute Gasteiger partial charge is 0.458 e. The Hall–Kier alpha value is -3.54. The monoisotopic (exact) mass is 491 g/mol. The van der Waals surface area contributed by atoms with Crippen molar-refractivity contribution < 1.29 is 23.1 Å². The van der Waals surface area contributed by atoms with Crippen LogP contribution in [-0.2, 0) is 19.7 Å². The molecule has 0 N–H and O–H groups in total. The number of hydrogen-bond donors (Lipinski definition) is 0. The van der Waals surface area contributed by atoms with Gasteiger partial charge in [0.1, 0.15) is 17.7 Å². The van der Waals surface area contributed by atoms with Crippen molar-refractivity contribution in [3.05, 3.63) is 101 Å². The Morgan fingerprint density at radius 2 is 1.47 bits per heavy atom. The fourth-order valence-electron chi connectivity index (χ4n) is 4.78. The van der Waals surface area contributed by atoms with Gasteiger partial charge in [0.25, 0.3) is 0 Å². The van der Waals surface area contributed by atoms with Gasteiger partial charge in [-0.05, 0) is 71.3 Å². The quantitative estimate of drug-likeness (QED) is 0.263. The van der Waals surface area contributed by atoms with Crippen LogP contribution in [0.2, 0.25) is 0 Å². The maximum absolute atomic E-state index is 13.6. The third kappa shape index (κ3) is 5.48. The minimum Gasteiger partial charge on any atom is -0.458 e. The highest BCUT2D eigenvalue weighted by Gasteiger charge is 2.48. The maximum atomic E-state index is 13.6. The number of halogens is 2. The molecule has 0 aromatic heterocycles. The van der Waals surface area contributed by atoms with E-state index in [0.29, 0.717) is 24.1 Å². The molecule has 1 heterocycles. The minimum absolute atomic E-state index is 0.00356. The lowest BCUT2D eigenvalue weighted by molar-refractivity contribution is -0.147. The van der Waals surface area contributed by atoms with Gasteiger partial charge in [0.2, 0.25) is 5.91 Å². The van der Waals surface area contributed by atoms with Gasteiger partial charge in [-0.25, -0.2) is 8.78 Å². The van der Waals surface area contributed by atoms with Crippen LogP contribution >= 0.6 is 0 Å². The fraction of sp³-hybridized carbons (Fsp3) is 0.333. The smallest absolute Gasteiger partial charge is 0.303 e. The lowest BCUT2D eigenvalue weighted by Gasteiger charge is -2.48. The van der Waals surface area contributed by atoms with Crippen LogP contribution in [-0.4, -0.2) is 11.9 Å². The van der Waals surface area contributed by atoms with Crippen molar-refractivity contribution in [2.24, 2.45) is 5.92 Å². The first kappa shape index (κ1) is 25.5. The number of ether oxygens (including phenoxy) is 1. The number of esters is 1. The standard InChI is InChI=1S/C30H31F2NO3/c1-19(34)36-27(20-7-11-23(31)12-8-20)18-17-26-28(21-5-9-22(10-6-21)30(2,3)4)33(29(26)35)25-15-13-24(32)14-16-25/h5-16,26-28H,17-18H2,1-4H3/t26-,27+,28-/m1/s1. The van der Waals surface area contributed by atoms with Gasteiger partial charge in [-0.3, -0.25) is 9.59 Å². The summed E-state index contributed by atoms with van der Waals surface area (Å²) in [4.78, 5) is 26.8. The van der Waals surface area contributed by atoms with E-state index in [4.69, 9.17) is 4.74 Å². The summed E-state index contributed by atoms with van der Waals surface area (Å²) in [5, 5.41) is 0. The number of carbonyl (C=O) groups excluding carboxylic acids is 2. The molecule has 1 aliphatic rings. The van der Waals surface area contributed by atoms with Gasteiger partial charge in [-0.2, -0.15) is 0 Å². The van der Waals surface area contributed by atoms with E-state index in [1.165, 1.54) is 36.8 Å². The van der Waals surface area contributed by atoms with E-state index in [2.05, 4.69) is 32.9 Å². The van der Waals surface area contributed by atoms with Crippen molar-refractivity contribution >= 4 is 17.6 Å². The second-order valence-electron chi connectivity index (χ2n) is 10.3. The van der Waals surface area contributed by atoms with Gasteiger partial charge in [0.05, 0.1) is 12.0 Å². The van der Waals surface area contributed by atoms with Gasteiger partial charge < -0.3 is 9.64 Å². The molecule has 1 aliphatic heterocycles. The average molecular weight is 492 g/mol. The predicted molar refractivity (Wildman–Crippen MR) is 135 cm³/mol. The van der Waals surface area contributed by atoms with Crippen LogP contribution in [0.3, 0.4) is 0 Å². The zero-order chi connectivity index (χ0) is 26.0. The molecular formula is C30H31F2NO3. The Morgan fingerprint density at radius 1 is 0.917 bits per heavy atom. The summed E-state index contributed by atoms with van der Waals surface area (Å²) in [7, 11) is 0. The maximum Gasteiger partial charge on any atom is 0.303 e. The first-order chi connectivity index (χ1) is 17.0. The number of anilines is 1. The molecule has 1 saturated heterocycles. The van der Waals surface area contributed by atoms with Crippen molar-refractivity contribution in [2.75, 3.05) is 4.90 Å². The number of rotatable bonds is 7. The van der Waals surface area contributed by atoms with Crippen molar-refractivity contribution in [1.29, 1.82) is 0 Å². The van der Waals surface area contributed by atoms with Crippen LogP contribution in [0, 0.1) is 17.6 Å². The van der Waals surface area contributed by atoms with Crippen LogP contribution in [0.4, 0.5) is 14.5 Å². The number of benzene rings is 3. The van der Waals surface area contributed by atoms with Gasteiger partial charge in [-0.1, -0.05) is 57.2 Å². The molecular weight excluding hydrogens is 460 g/mol. The van der Waals surface area contributed by atoms with Crippen LogP contribution in [0.25, 0.3) is 0 Å². The lowest BCUT2D eigenvalue weighted by Crippen LogP contribution is -2.55. The Bertz CT molecular complexity index is 1220. The second-order valence-corrected chi connectivity index (χ2v) is 10.3. The second kappa shape index (κ2) is 10.2. The summed E-state index contributed by atoms with van der Waals surface area (Å²) in [6, 6.07) is 19.8. The first-order valence-electron chi connectivity index (χ1n) is 12.2. The Kier molecular flexibility index (Phi) is 7.25. The summed E-state index contributed by atoms with van der Waals surface area (Å²) in [5.41, 5.74) is 3.49. The third-order valence-electron chi connectivity index (χ3n) is 6.73. The summed E-state index contributed by atoms with van der Waals surface area (Å²) >= 11 is 0. The molecule has 0 aliphatic carbocycles. The number of amides is 1. The van der Waals surface area contributed by atoms with E-state index in [1.54, 1.807) is 29.2 Å². The molecule has 188 valence electrons. The van der Waals surface area contributed by atoms with Gasteiger partial charge in [0.15, 0.2) is 0 Å². The summed E-state index contributed by atoms with van der Waals surface area (Å²) in [5.74, 6) is -1.58. The Balaban J connectivity index is 1.61. The van der Waals surface area contributed by atoms with Gasteiger partial charge >= 0.3 is 5.97 Å². The molecule has 4 nitrogen and oxygen atoms in total. The molecule has 3 aromatic rings. The first-order valence-corrected chi connectivity index (χ1v) is 12.2. The van der Waals surface area contributed by atoms with Crippen molar-refractivity contribution in [3.63, 3.8) is 0 Å². The predicted octanol–water partition coefficient (Wildman–Crippen LogP) is 7.05. The van der Waals surface area contributed by atoms with Crippen molar-refractivity contribution in [3.8, 4) is 0 Å². The molecule has 1 amide bonds. The van der Waals surface area contributed by atoms with E-state index in [1.807, 2.05) is 12.1 Å². The molecule has 0 unspecified atom stereocenters. The molecule has 6 heteroatoms. The summed E-state index contributed by atoms with van der Waals surface area (Å²) < 4.78 is 32.5. The molecule has 0 bridgehead atoms. The van der Waals surface area contributed by atoms with Gasteiger partial charge in [0, 0.05) is 12.6 Å². The molecule has 1 fully saturated rings. The normalized spacial score (nSPS) is 18.5. The highest BCUT2D eigenvalue weighted by atomic mass is 19.1. The van der Waals surface area contributed by atoms with Gasteiger partial charge in [-0.15, -0.1) is 0 Å². The average Bonchev–Trinajstić information content (AvgIpc) is 2.83.